The molecule has 0 saturated heterocycles. The first kappa shape index (κ1) is 25.6. The summed E-state index contributed by atoms with van der Waals surface area (Å²) in [5.74, 6) is 1.68. The van der Waals surface area contributed by atoms with Crippen LogP contribution in [0.15, 0.2) is 134 Å². The second kappa shape index (κ2) is 10.4. The quantitative estimate of drug-likeness (QED) is 0.189. The Morgan fingerprint density at radius 3 is 1.80 bits per heavy atom. The number of pyridine rings is 3. The third-order valence-electron chi connectivity index (χ3n) is 8.08. The van der Waals surface area contributed by atoms with Crippen molar-refractivity contribution in [1.29, 1.82) is 0 Å². The number of hydrogen-bond acceptors (Lipinski definition) is 7. The molecular weight excluding hydrogens is 573 g/mol. The van der Waals surface area contributed by atoms with Gasteiger partial charge in [0.05, 0.1) is 11.2 Å². The summed E-state index contributed by atoms with van der Waals surface area (Å²) in [4.78, 5) is 28.4. The van der Waals surface area contributed by atoms with Crippen molar-refractivity contribution in [3.8, 4) is 45.4 Å². The standard InChI is InChI=1S/C38H22N6S/c1-3-14-31-29(13-1)33-30(17-16-28-27-12-2-4-15-32(27)45-35(28)33)34(41-31)23-8-5-9-24(20-23)36-42-37(25-10-6-18-39-21-25)44-38(43-36)26-11-7-19-40-22-26/h1-22H. The minimum atomic E-state index is 0.554. The van der Waals surface area contributed by atoms with Crippen LogP contribution in [0, 0.1) is 0 Å². The van der Waals surface area contributed by atoms with Crippen molar-refractivity contribution in [2.24, 2.45) is 0 Å². The van der Waals surface area contributed by atoms with E-state index in [-0.39, 0.29) is 0 Å². The molecule has 0 aliphatic heterocycles. The van der Waals surface area contributed by atoms with Crippen LogP contribution >= 0.6 is 11.3 Å². The number of aromatic nitrogens is 6. The number of thiophene rings is 1. The minimum absolute atomic E-state index is 0.554. The molecule has 7 heteroatoms. The first-order valence-corrected chi connectivity index (χ1v) is 15.4. The van der Waals surface area contributed by atoms with Crippen LogP contribution in [0.4, 0.5) is 0 Å². The van der Waals surface area contributed by atoms with Gasteiger partial charge in [0.1, 0.15) is 0 Å². The second-order valence-electron chi connectivity index (χ2n) is 10.8. The van der Waals surface area contributed by atoms with Gasteiger partial charge in [-0.15, -0.1) is 11.3 Å². The van der Waals surface area contributed by atoms with Crippen LogP contribution in [0.3, 0.4) is 0 Å². The topological polar surface area (TPSA) is 77.3 Å². The van der Waals surface area contributed by atoms with Crippen molar-refractivity contribution in [2.45, 2.75) is 0 Å². The molecule has 5 heterocycles. The van der Waals surface area contributed by atoms with Gasteiger partial charge in [0, 0.05) is 83.4 Å². The summed E-state index contributed by atoms with van der Waals surface area (Å²) < 4.78 is 2.57. The third-order valence-corrected chi connectivity index (χ3v) is 9.28. The molecule has 9 aromatic rings. The smallest absolute Gasteiger partial charge is 0.165 e. The van der Waals surface area contributed by atoms with Gasteiger partial charge < -0.3 is 0 Å². The maximum absolute atomic E-state index is 5.23. The molecule has 6 nitrogen and oxygen atoms in total. The van der Waals surface area contributed by atoms with E-state index >= 15 is 0 Å². The highest BCUT2D eigenvalue weighted by atomic mass is 32.1. The van der Waals surface area contributed by atoms with E-state index in [1.807, 2.05) is 47.7 Å². The van der Waals surface area contributed by atoms with Crippen LogP contribution in [0.2, 0.25) is 0 Å². The Morgan fingerprint density at radius 1 is 0.444 bits per heavy atom. The molecule has 4 aromatic carbocycles. The molecule has 0 spiro atoms. The average Bonchev–Trinajstić information content (AvgIpc) is 3.51. The number of rotatable bonds is 4. The van der Waals surface area contributed by atoms with Crippen LogP contribution in [-0.4, -0.2) is 29.9 Å². The van der Waals surface area contributed by atoms with Gasteiger partial charge in [-0.1, -0.05) is 66.7 Å². The average molecular weight is 595 g/mol. The molecule has 0 N–H and O–H groups in total. The molecule has 0 radical (unpaired) electrons. The zero-order valence-corrected chi connectivity index (χ0v) is 24.6. The van der Waals surface area contributed by atoms with E-state index in [9.17, 15) is 0 Å². The van der Waals surface area contributed by atoms with Gasteiger partial charge in [0.2, 0.25) is 0 Å². The highest BCUT2D eigenvalue weighted by Gasteiger charge is 2.18. The Balaban J connectivity index is 1.27. The Bertz CT molecular complexity index is 2490. The molecule has 210 valence electrons. The lowest BCUT2D eigenvalue weighted by Crippen LogP contribution is -2.00. The summed E-state index contributed by atoms with van der Waals surface area (Å²) in [6.07, 6.45) is 7.01. The number of nitrogens with zero attached hydrogens (tertiary/aromatic N) is 6. The zero-order chi connectivity index (χ0) is 29.7. The van der Waals surface area contributed by atoms with E-state index in [4.69, 9.17) is 19.9 Å². The number of benzene rings is 4. The molecule has 9 rings (SSSR count). The van der Waals surface area contributed by atoms with Gasteiger partial charge in [-0.3, -0.25) is 9.97 Å². The summed E-state index contributed by atoms with van der Waals surface area (Å²) in [6, 6.07) is 37.5. The maximum atomic E-state index is 5.23. The lowest BCUT2D eigenvalue weighted by molar-refractivity contribution is 1.07. The molecule has 0 fully saturated rings. The van der Waals surface area contributed by atoms with Crippen molar-refractivity contribution in [3.63, 3.8) is 0 Å². The molecule has 0 aliphatic rings. The first-order valence-electron chi connectivity index (χ1n) is 14.6. The monoisotopic (exact) mass is 594 g/mol. The van der Waals surface area contributed by atoms with Gasteiger partial charge in [-0.05, 0) is 42.5 Å². The molecule has 0 bridgehead atoms. The summed E-state index contributed by atoms with van der Waals surface area (Å²) in [5.41, 5.74) is 5.40. The van der Waals surface area contributed by atoms with E-state index in [2.05, 4.69) is 82.8 Å². The summed E-state index contributed by atoms with van der Waals surface area (Å²) in [5, 5.41) is 6.07. The van der Waals surface area contributed by atoms with Gasteiger partial charge in [0.25, 0.3) is 0 Å². The Kier molecular flexibility index (Phi) is 5.89. The van der Waals surface area contributed by atoms with Crippen molar-refractivity contribution in [1.82, 2.24) is 29.9 Å². The van der Waals surface area contributed by atoms with Crippen molar-refractivity contribution >= 4 is 53.2 Å². The third kappa shape index (κ3) is 4.32. The number of fused-ring (bicyclic) bond motifs is 7. The van der Waals surface area contributed by atoms with Gasteiger partial charge in [0.15, 0.2) is 17.5 Å². The van der Waals surface area contributed by atoms with Crippen molar-refractivity contribution in [2.75, 3.05) is 0 Å². The van der Waals surface area contributed by atoms with E-state index in [1.54, 1.807) is 24.8 Å². The second-order valence-corrected chi connectivity index (χ2v) is 11.9. The molecule has 5 aromatic heterocycles. The van der Waals surface area contributed by atoms with E-state index in [1.165, 1.54) is 25.6 Å². The normalized spacial score (nSPS) is 11.6. The van der Waals surface area contributed by atoms with Gasteiger partial charge >= 0.3 is 0 Å². The molecular formula is C38H22N6S. The summed E-state index contributed by atoms with van der Waals surface area (Å²) in [6.45, 7) is 0. The Morgan fingerprint density at radius 2 is 1.07 bits per heavy atom. The number of hydrogen-bond donors (Lipinski definition) is 0. The van der Waals surface area contributed by atoms with E-state index in [0.29, 0.717) is 17.5 Å². The van der Waals surface area contributed by atoms with E-state index < -0.39 is 0 Å². The lowest BCUT2D eigenvalue weighted by Gasteiger charge is -2.12. The van der Waals surface area contributed by atoms with Crippen LogP contribution in [0.5, 0.6) is 0 Å². The van der Waals surface area contributed by atoms with Crippen LogP contribution in [-0.2, 0) is 0 Å². The van der Waals surface area contributed by atoms with Crippen LogP contribution < -0.4 is 0 Å². The summed E-state index contributed by atoms with van der Waals surface area (Å²) >= 11 is 1.84. The molecule has 0 unspecified atom stereocenters. The molecule has 45 heavy (non-hydrogen) atoms. The largest absolute Gasteiger partial charge is 0.264 e. The van der Waals surface area contributed by atoms with Crippen molar-refractivity contribution < 1.29 is 0 Å². The Hall–Kier alpha value is -5.92. The minimum Gasteiger partial charge on any atom is -0.264 e. The lowest BCUT2D eigenvalue weighted by atomic mass is 9.97. The molecule has 0 atom stereocenters. The highest BCUT2D eigenvalue weighted by molar-refractivity contribution is 7.26. The zero-order valence-electron chi connectivity index (χ0n) is 23.8. The first-order chi connectivity index (χ1) is 22.3. The fourth-order valence-electron chi connectivity index (χ4n) is 6.00. The number of para-hydroxylation sites is 1. The van der Waals surface area contributed by atoms with Crippen molar-refractivity contribution in [3.05, 3.63) is 134 Å². The SMILES string of the molecule is c1cncc(-c2nc(-c3cccnc3)nc(-c3cccc(-c4nc5ccccc5c5c4ccc4c6ccccc6sc45)c3)n2)c1. The molecule has 0 saturated carbocycles. The van der Waals surface area contributed by atoms with Crippen LogP contribution in [0.1, 0.15) is 0 Å². The predicted molar refractivity (Wildman–Crippen MR) is 183 cm³/mol. The summed E-state index contributed by atoms with van der Waals surface area (Å²) in [7, 11) is 0. The predicted octanol–water partition coefficient (Wildman–Crippen LogP) is 9.40. The fraction of sp³-hybridized carbons (Fsp3) is 0. The fourth-order valence-corrected chi connectivity index (χ4v) is 7.26. The van der Waals surface area contributed by atoms with Crippen LogP contribution in [0.25, 0.3) is 87.3 Å². The van der Waals surface area contributed by atoms with Gasteiger partial charge in [-0.25, -0.2) is 19.9 Å². The molecule has 0 amide bonds. The molecule has 0 aliphatic carbocycles. The van der Waals surface area contributed by atoms with Gasteiger partial charge in [-0.2, -0.15) is 0 Å². The Labute approximate surface area is 261 Å². The highest BCUT2D eigenvalue weighted by Crippen LogP contribution is 2.43. The maximum Gasteiger partial charge on any atom is 0.165 e. The van der Waals surface area contributed by atoms with E-state index in [0.717, 1.165) is 44.2 Å².